The lowest BCUT2D eigenvalue weighted by atomic mass is 9.93. The second-order valence-electron chi connectivity index (χ2n) is 14.1. The Morgan fingerprint density at radius 3 is 1.41 bits per heavy atom. The predicted octanol–water partition coefficient (Wildman–Crippen LogP) is 4.23. The molecule has 2 amide bonds. The number of hydrogen-bond acceptors (Lipinski definition) is 8. The predicted molar refractivity (Wildman–Crippen MR) is 205 cm³/mol. The van der Waals surface area contributed by atoms with E-state index in [1.54, 1.807) is 0 Å². The van der Waals surface area contributed by atoms with E-state index in [0.29, 0.717) is 50.1 Å². The Balaban J connectivity index is 1.15. The van der Waals surface area contributed by atoms with Crippen LogP contribution in [0, 0.1) is 13.8 Å². The van der Waals surface area contributed by atoms with E-state index >= 15 is 0 Å². The standard InChI is InChI=1S/C42H46N4O8/c1-25-17-27(21-43-23-29(47)19-39(49)50)9-11-31(25)41(53)45-15-13-35-33(5-3-7-37(35)45)34-6-4-8-38-36(34)14-16-46(38)42(54)32-12-10-28(18-26(32)2)22-44-24-30(48)20-40(51)52/h3-12,17-18,29-30,43-44,47-48H,13-16,19-24H2,1-2H3,(H,49,50)(H,51,52)/t29-,30-/m0/s1. The number of aryl methyl sites for hydroxylation is 2. The third-order valence-corrected chi connectivity index (χ3v) is 10.1. The van der Waals surface area contributed by atoms with Crippen LogP contribution in [-0.2, 0) is 35.5 Å². The molecule has 4 aromatic carbocycles. The number of carbonyl (C=O) groups is 4. The Labute approximate surface area is 314 Å². The zero-order valence-corrected chi connectivity index (χ0v) is 30.5. The van der Waals surface area contributed by atoms with Crippen LogP contribution in [0.3, 0.4) is 0 Å². The molecular formula is C42H46N4O8. The minimum atomic E-state index is -1.05. The Bertz CT molecular complexity index is 1930. The number of carboxylic acids is 2. The zero-order valence-electron chi connectivity index (χ0n) is 30.5. The smallest absolute Gasteiger partial charge is 0.306 e. The van der Waals surface area contributed by atoms with Crippen LogP contribution in [0.1, 0.15) is 66.9 Å². The fourth-order valence-electron chi connectivity index (χ4n) is 7.55. The van der Waals surface area contributed by atoms with Gasteiger partial charge in [-0.3, -0.25) is 19.2 Å². The maximum Gasteiger partial charge on any atom is 0.306 e. The third-order valence-electron chi connectivity index (χ3n) is 10.1. The first-order valence-electron chi connectivity index (χ1n) is 18.2. The molecule has 4 aromatic rings. The molecule has 0 saturated heterocycles. The highest BCUT2D eigenvalue weighted by atomic mass is 16.4. The zero-order chi connectivity index (χ0) is 38.5. The van der Waals surface area contributed by atoms with E-state index in [0.717, 1.165) is 55.9 Å². The van der Waals surface area contributed by atoms with Crippen molar-refractivity contribution < 1.29 is 39.6 Å². The number of nitrogens with one attached hydrogen (secondary N) is 2. The molecule has 54 heavy (non-hydrogen) atoms. The lowest BCUT2D eigenvalue weighted by molar-refractivity contribution is -0.140. The number of carbonyl (C=O) groups excluding carboxylic acids is 2. The number of rotatable bonds is 15. The molecule has 0 radical (unpaired) electrons. The van der Waals surface area contributed by atoms with E-state index in [2.05, 4.69) is 22.8 Å². The van der Waals surface area contributed by atoms with Gasteiger partial charge in [0.05, 0.1) is 25.0 Å². The quantitative estimate of drug-likeness (QED) is 0.104. The molecular weight excluding hydrogens is 688 g/mol. The molecule has 2 heterocycles. The van der Waals surface area contributed by atoms with Crippen molar-refractivity contribution in [2.45, 2.75) is 64.8 Å². The van der Waals surface area contributed by atoms with E-state index in [4.69, 9.17) is 10.2 Å². The molecule has 0 saturated carbocycles. The molecule has 6 rings (SSSR count). The maximum absolute atomic E-state index is 13.9. The maximum atomic E-state index is 13.9. The number of anilines is 2. The van der Waals surface area contributed by atoms with Crippen LogP contribution in [-0.4, -0.2) is 82.6 Å². The van der Waals surface area contributed by atoms with Gasteiger partial charge in [0, 0.05) is 61.8 Å². The first-order chi connectivity index (χ1) is 25.9. The highest BCUT2D eigenvalue weighted by Crippen LogP contribution is 2.42. The van der Waals surface area contributed by atoms with Gasteiger partial charge in [0.1, 0.15) is 0 Å². The Kier molecular flexibility index (Phi) is 11.9. The highest BCUT2D eigenvalue weighted by Gasteiger charge is 2.32. The summed E-state index contributed by atoms with van der Waals surface area (Å²) in [6.07, 6.45) is -1.22. The normalized spacial score (nSPS) is 14.4. The lowest BCUT2D eigenvalue weighted by Gasteiger charge is -2.21. The van der Waals surface area contributed by atoms with Gasteiger partial charge in [0.25, 0.3) is 11.8 Å². The van der Waals surface area contributed by atoms with E-state index < -0.39 is 24.1 Å². The molecule has 0 aromatic heterocycles. The van der Waals surface area contributed by atoms with Gasteiger partial charge >= 0.3 is 11.9 Å². The summed E-state index contributed by atoms with van der Waals surface area (Å²) in [7, 11) is 0. The Morgan fingerprint density at radius 2 is 1.04 bits per heavy atom. The number of nitrogens with zero attached hydrogens (tertiary/aromatic N) is 2. The molecule has 0 aliphatic carbocycles. The summed E-state index contributed by atoms with van der Waals surface area (Å²) in [5.41, 5.74) is 10.8. The number of benzene rings is 4. The van der Waals surface area contributed by atoms with E-state index in [9.17, 15) is 29.4 Å². The van der Waals surface area contributed by atoms with Crippen molar-refractivity contribution in [1.29, 1.82) is 0 Å². The van der Waals surface area contributed by atoms with Gasteiger partial charge in [-0.15, -0.1) is 0 Å². The second-order valence-corrected chi connectivity index (χ2v) is 14.1. The van der Waals surface area contributed by atoms with Gasteiger partial charge in [0.2, 0.25) is 0 Å². The molecule has 0 bridgehead atoms. The van der Waals surface area contributed by atoms with Crippen molar-refractivity contribution in [2.75, 3.05) is 36.0 Å². The van der Waals surface area contributed by atoms with Crippen LogP contribution in [0.2, 0.25) is 0 Å². The number of aliphatic hydroxyl groups is 2. The van der Waals surface area contributed by atoms with Crippen LogP contribution >= 0.6 is 0 Å². The van der Waals surface area contributed by atoms with Gasteiger partial charge in [-0.2, -0.15) is 0 Å². The number of aliphatic carboxylic acids is 2. The molecule has 2 aliphatic heterocycles. The van der Waals surface area contributed by atoms with Gasteiger partial charge in [-0.25, -0.2) is 0 Å². The van der Waals surface area contributed by atoms with Crippen molar-refractivity contribution in [3.8, 4) is 11.1 Å². The molecule has 2 aliphatic rings. The highest BCUT2D eigenvalue weighted by molar-refractivity contribution is 6.10. The van der Waals surface area contributed by atoms with Crippen molar-refractivity contribution in [3.05, 3.63) is 117 Å². The van der Waals surface area contributed by atoms with Crippen LogP contribution in [0.4, 0.5) is 11.4 Å². The van der Waals surface area contributed by atoms with Crippen molar-refractivity contribution >= 4 is 35.1 Å². The summed E-state index contributed by atoms with van der Waals surface area (Å²) in [5, 5.41) is 43.5. The average molecular weight is 735 g/mol. The SMILES string of the molecule is Cc1cc(CNC[C@@H](O)CC(=O)O)ccc1C(=O)N1CCc2c(-c3cccc4c3CCN4C(=O)c3ccc(CNC[C@@H](O)CC(=O)O)cc3C)cccc21. The van der Waals surface area contributed by atoms with Gasteiger partial charge in [0.15, 0.2) is 0 Å². The largest absolute Gasteiger partial charge is 0.481 e. The Hall–Kier alpha value is -5.40. The molecule has 6 N–H and O–H groups in total. The lowest BCUT2D eigenvalue weighted by Crippen LogP contribution is -2.30. The topological polar surface area (TPSA) is 180 Å². The molecule has 0 fully saturated rings. The summed E-state index contributed by atoms with van der Waals surface area (Å²) in [4.78, 5) is 53.2. The van der Waals surface area contributed by atoms with Crippen LogP contribution in [0.5, 0.6) is 0 Å². The monoisotopic (exact) mass is 734 g/mol. The molecule has 0 spiro atoms. The van der Waals surface area contributed by atoms with E-state index in [1.807, 2.05) is 84.3 Å². The first-order valence-corrected chi connectivity index (χ1v) is 18.2. The minimum Gasteiger partial charge on any atom is -0.481 e. The molecule has 12 heteroatoms. The first kappa shape index (κ1) is 38.3. The van der Waals surface area contributed by atoms with E-state index in [-0.39, 0.29) is 37.7 Å². The fraction of sp³-hybridized carbons (Fsp3) is 0.333. The number of carboxylic acid groups (broad SMARTS) is 2. The van der Waals surface area contributed by atoms with Crippen LogP contribution in [0.15, 0.2) is 72.8 Å². The van der Waals surface area contributed by atoms with E-state index in [1.165, 1.54) is 0 Å². The number of amides is 2. The van der Waals surface area contributed by atoms with Crippen LogP contribution < -0.4 is 20.4 Å². The summed E-state index contributed by atoms with van der Waals surface area (Å²) in [6, 6.07) is 23.4. The number of fused-ring (bicyclic) bond motifs is 2. The number of aliphatic hydroxyl groups excluding tert-OH is 2. The molecule has 12 nitrogen and oxygen atoms in total. The minimum absolute atomic E-state index is 0.0807. The van der Waals surface area contributed by atoms with Gasteiger partial charge < -0.3 is 40.9 Å². The molecule has 0 unspecified atom stereocenters. The number of hydrogen-bond donors (Lipinski definition) is 6. The Morgan fingerprint density at radius 1 is 0.630 bits per heavy atom. The molecule has 282 valence electrons. The molecule has 2 atom stereocenters. The van der Waals surface area contributed by atoms with Crippen LogP contribution in [0.25, 0.3) is 11.1 Å². The second kappa shape index (κ2) is 16.7. The van der Waals surface area contributed by atoms with Gasteiger partial charge in [-0.1, -0.05) is 48.5 Å². The summed E-state index contributed by atoms with van der Waals surface area (Å²) >= 11 is 0. The van der Waals surface area contributed by atoms with Crippen molar-refractivity contribution in [3.63, 3.8) is 0 Å². The van der Waals surface area contributed by atoms with Crippen molar-refractivity contribution in [2.24, 2.45) is 0 Å². The summed E-state index contributed by atoms with van der Waals surface area (Å²) < 4.78 is 0. The van der Waals surface area contributed by atoms with Gasteiger partial charge in [-0.05, 0) is 95.5 Å². The average Bonchev–Trinajstić information content (AvgIpc) is 3.76. The third kappa shape index (κ3) is 8.53. The fourth-order valence-corrected chi connectivity index (χ4v) is 7.55. The summed E-state index contributed by atoms with van der Waals surface area (Å²) in [5.74, 6) is -2.27. The summed E-state index contributed by atoms with van der Waals surface area (Å²) in [6.45, 7) is 6.05. The van der Waals surface area contributed by atoms with Crippen molar-refractivity contribution in [1.82, 2.24) is 10.6 Å².